The molecule has 4 fully saturated rings. The monoisotopic (exact) mass is 929 g/mol. The first-order chi connectivity index (χ1) is 32.6. The topological polar surface area (TPSA) is 151 Å². The Morgan fingerprint density at radius 1 is 0.642 bits per heavy atom. The van der Waals surface area contributed by atoms with E-state index in [1.54, 1.807) is 10.6 Å². The van der Waals surface area contributed by atoms with Gasteiger partial charge in [0.1, 0.15) is 23.2 Å². The lowest BCUT2D eigenvalue weighted by molar-refractivity contribution is -0.144. The van der Waals surface area contributed by atoms with Crippen LogP contribution < -0.4 is 10.6 Å². The summed E-state index contributed by atoms with van der Waals surface area (Å²) in [6.45, 7) is 2.14. The fourth-order valence-corrected chi connectivity index (χ4v) is 13.2. The van der Waals surface area contributed by atoms with Crippen LogP contribution in [0, 0.1) is 42.4 Å². The molecule has 0 bridgehead atoms. The molecule has 6 aliphatic rings. The van der Waals surface area contributed by atoms with Gasteiger partial charge in [0.2, 0.25) is 0 Å². The molecule has 0 saturated heterocycles. The van der Waals surface area contributed by atoms with Crippen molar-refractivity contribution >= 4 is 107 Å². The van der Waals surface area contributed by atoms with Crippen molar-refractivity contribution < 1.29 is 38.2 Å². The molecule has 6 unspecified atom stereocenters. The number of ether oxygens (including phenoxy) is 2. The van der Waals surface area contributed by atoms with E-state index in [1.165, 1.54) is 22.7 Å². The summed E-state index contributed by atoms with van der Waals surface area (Å²) in [5, 5.41) is 2.44. The Balaban J connectivity index is 0.997. The number of esters is 1. The van der Waals surface area contributed by atoms with E-state index in [1.807, 2.05) is 73.7 Å². The first-order valence-electron chi connectivity index (χ1n) is 23.3. The lowest BCUT2D eigenvalue weighted by Crippen LogP contribution is -2.38. The van der Waals surface area contributed by atoms with E-state index in [0.717, 1.165) is 68.3 Å². The Kier molecular flexibility index (Phi) is 11.4. The Bertz CT molecular complexity index is 3130. The number of carbonyl (C=O) groups excluding carboxylic acids is 6. The second kappa shape index (κ2) is 17.7. The second-order valence-corrected chi connectivity index (χ2v) is 20.6. The molecule has 13 heteroatoms. The first kappa shape index (κ1) is 43.1. The van der Waals surface area contributed by atoms with Crippen LogP contribution in [0.3, 0.4) is 0 Å². The van der Waals surface area contributed by atoms with Crippen LogP contribution in [0.1, 0.15) is 79.4 Å². The predicted molar refractivity (Wildman–Crippen MR) is 258 cm³/mol. The van der Waals surface area contributed by atoms with Gasteiger partial charge in [0.05, 0.1) is 22.0 Å². The average molecular weight is 930 g/mol. The minimum Gasteiger partial charge on any atom is -0.461 e. The first-order valence-corrected chi connectivity index (χ1v) is 24.9. The maximum absolute atomic E-state index is 14.3. The highest BCUT2D eigenvalue weighted by Gasteiger charge is 2.49. The molecule has 3 heterocycles. The van der Waals surface area contributed by atoms with Gasteiger partial charge >= 0.3 is 12.1 Å². The molecule has 6 atom stereocenters. The Morgan fingerprint density at radius 3 is 1.73 bits per heavy atom. The van der Waals surface area contributed by atoms with E-state index < -0.39 is 12.1 Å². The number of aryl methyl sites for hydroxylation is 1. The van der Waals surface area contributed by atoms with Crippen molar-refractivity contribution in [3.8, 4) is 0 Å². The molecule has 0 radical (unpaired) electrons. The number of thiophene rings is 2. The number of nitrogens with zero attached hydrogens (tertiary/aromatic N) is 3. The minimum atomic E-state index is -0.583. The smallest absolute Gasteiger partial charge is 0.419 e. The van der Waals surface area contributed by atoms with Crippen LogP contribution in [0.25, 0.3) is 27.9 Å². The third-order valence-corrected chi connectivity index (χ3v) is 16.5. The van der Waals surface area contributed by atoms with Crippen molar-refractivity contribution in [1.29, 1.82) is 0 Å². The highest BCUT2D eigenvalue weighted by atomic mass is 32.1. The van der Waals surface area contributed by atoms with Crippen LogP contribution in [0.15, 0.2) is 101 Å². The van der Waals surface area contributed by atoms with Crippen LogP contribution in [0.5, 0.6) is 0 Å². The number of fused-ring (bicyclic) bond motifs is 6. The van der Waals surface area contributed by atoms with Crippen molar-refractivity contribution in [3.63, 3.8) is 0 Å². The quantitative estimate of drug-likeness (QED) is 0.133. The number of allylic oxidation sites excluding steroid dienone is 3. The average Bonchev–Trinajstić information content (AvgIpc) is 4.12. The van der Waals surface area contributed by atoms with Crippen LogP contribution in [-0.2, 0) is 46.7 Å². The maximum Gasteiger partial charge on any atom is 0.419 e. The summed E-state index contributed by atoms with van der Waals surface area (Å²) in [6.07, 6.45) is 14.3. The number of hydrogen-bond acceptors (Lipinski definition) is 12. The van der Waals surface area contributed by atoms with Crippen molar-refractivity contribution in [2.24, 2.45) is 45.5 Å². The van der Waals surface area contributed by atoms with Crippen molar-refractivity contribution in [1.82, 2.24) is 4.57 Å². The number of hydrogen-bond donors (Lipinski definition) is 0. The fourth-order valence-electron chi connectivity index (χ4n) is 11.0. The molecule has 67 heavy (non-hydrogen) atoms. The number of rotatable bonds is 9. The standard InChI is InChI=1S/C54H47N3O8S2/c1-29-20-43(55-46-48(59)35-16-8-9-17-36(35)49(46)60)66-52(29)39-22-33-24-41-40(23-32(33)21-34(39)25-45(58)64-27-30-12-4-2-5-13-30)53-42(57(41)54(63)65-28-31-14-6-3-7-15-31)26-44(67-53)56-47-50(61)37-18-10-11-19-38(37)51(47)62/h2-7,12-15,20-24,26,32-33,35-38H,8-11,16-19,25,27-28H2,1H3. The summed E-state index contributed by atoms with van der Waals surface area (Å²) in [4.78, 5) is 92.2. The molecule has 6 aliphatic carbocycles. The molecular formula is C54H47N3O8S2. The molecule has 0 spiro atoms. The van der Waals surface area contributed by atoms with Gasteiger partial charge in [-0.2, -0.15) is 0 Å². The van der Waals surface area contributed by atoms with Crippen molar-refractivity contribution in [2.75, 3.05) is 0 Å². The lowest BCUT2D eigenvalue weighted by Gasteiger charge is -2.27. The third-order valence-electron chi connectivity index (χ3n) is 14.3. The van der Waals surface area contributed by atoms with Crippen molar-refractivity contribution in [3.05, 3.63) is 123 Å². The summed E-state index contributed by atoms with van der Waals surface area (Å²) >= 11 is 2.70. The number of Topliss-reactive ketones (excluding diaryl/α,β-unsaturated/α-hetero) is 4. The Labute approximate surface area is 394 Å². The Hall–Kier alpha value is -6.44. The van der Waals surface area contributed by atoms with Crippen LogP contribution in [0.2, 0.25) is 0 Å². The molecule has 4 saturated carbocycles. The van der Waals surface area contributed by atoms with Crippen molar-refractivity contribution in [2.45, 2.75) is 77.9 Å². The van der Waals surface area contributed by atoms with Gasteiger partial charge in [-0.15, -0.1) is 22.7 Å². The molecule has 338 valence electrons. The summed E-state index contributed by atoms with van der Waals surface area (Å²) in [6, 6.07) is 22.6. The predicted octanol–water partition coefficient (Wildman–Crippen LogP) is 9.28. The zero-order chi connectivity index (χ0) is 45.9. The maximum atomic E-state index is 14.3. The molecule has 11 rings (SSSR count). The normalized spacial score (nSPS) is 24.2. The van der Waals surface area contributed by atoms with E-state index >= 15 is 0 Å². The van der Waals surface area contributed by atoms with Gasteiger partial charge in [-0.1, -0.05) is 111 Å². The van der Waals surface area contributed by atoms with Gasteiger partial charge < -0.3 is 9.47 Å². The van der Waals surface area contributed by atoms with Gasteiger partial charge in [0, 0.05) is 45.6 Å². The Morgan fingerprint density at radius 2 is 1.16 bits per heavy atom. The molecular weight excluding hydrogens is 883 g/mol. The summed E-state index contributed by atoms with van der Waals surface area (Å²) in [7, 11) is 0. The zero-order valence-corrected chi connectivity index (χ0v) is 38.5. The fraction of sp³-hybridized carbons (Fsp3) is 0.333. The van der Waals surface area contributed by atoms with E-state index in [-0.39, 0.29) is 89.7 Å². The van der Waals surface area contributed by atoms with E-state index in [4.69, 9.17) is 19.5 Å². The number of benzene rings is 2. The molecule has 0 N–H and O–H groups in total. The van der Waals surface area contributed by atoms with E-state index in [9.17, 15) is 28.8 Å². The number of ketones is 4. The minimum absolute atomic E-state index is 0.00183. The van der Waals surface area contributed by atoms with Crippen LogP contribution in [-0.4, -0.2) is 51.2 Å². The number of aliphatic imine (C=N–C) groups is 2. The van der Waals surface area contributed by atoms with Gasteiger partial charge in [0.15, 0.2) is 34.6 Å². The van der Waals surface area contributed by atoms with E-state index in [0.29, 0.717) is 46.6 Å². The van der Waals surface area contributed by atoms with E-state index in [2.05, 4.69) is 24.3 Å². The third kappa shape index (κ3) is 7.95. The molecule has 3 aromatic heterocycles. The molecule has 0 amide bonds. The summed E-state index contributed by atoms with van der Waals surface area (Å²) in [5.74, 6) is -2.78. The van der Waals surface area contributed by atoms with Crippen LogP contribution >= 0.6 is 22.7 Å². The lowest BCUT2D eigenvalue weighted by atomic mass is 9.78. The summed E-state index contributed by atoms with van der Waals surface area (Å²) in [5.41, 5.74) is 4.75. The zero-order valence-electron chi connectivity index (χ0n) is 36.9. The molecule has 11 nitrogen and oxygen atoms in total. The molecule has 0 aliphatic heterocycles. The van der Waals surface area contributed by atoms with Gasteiger partial charge in [0.25, 0.3) is 0 Å². The highest BCUT2D eigenvalue weighted by molar-refractivity contribution is 7.22. The summed E-state index contributed by atoms with van der Waals surface area (Å²) < 4.78 is 14.1. The van der Waals surface area contributed by atoms with Crippen LogP contribution in [0.4, 0.5) is 14.8 Å². The largest absolute Gasteiger partial charge is 0.461 e. The second-order valence-electron chi connectivity index (χ2n) is 18.5. The highest BCUT2D eigenvalue weighted by Crippen LogP contribution is 2.45. The van der Waals surface area contributed by atoms with Gasteiger partial charge in [-0.05, 0) is 72.6 Å². The molecule has 5 aromatic rings. The van der Waals surface area contributed by atoms with Gasteiger partial charge in [-0.3, -0.25) is 24.0 Å². The SMILES string of the molecule is Cc1cc(N=C2C(=O)C3CCCCC3C2=O)sc1C1=CC2C=c3c(c4sc(N=C5C(=O)C6CCCCC6C5=O)cc4n3C(=O)OCc3ccccc3)=CC2C=C1CC(=O)OCc1ccccc1. The van der Waals surface area contributed by atoms with Gasteiger partial charge in [-0.25, -0.2) is 19.3 Å². The molecule has 2 aromatic carbocycles. The number of aromatic nitrogens is 1. The number of carbonyl (C=O) groups is 6.